The SMILES string of the molecule is Cc1cccnc1N1CCN(CC(C)(C)O)CC1. The van der Waals surface area contributed by atoms with E-state index in [1.54, 1.807) is 0 Å². The molecule has 0 unspecified atom stereocenters. The van der Waals surface area contributed by atoms with E-state index in [1.165, 1.54) is 5.56 Å². The average Bonchev–Trinajstić information content (AvgIpc) is 2.29. The van der Waals surface area contributed by atoms with Gasteiger partial charge in [-0.05, 0) is 32.4 Å². The highest BCUT2D eigenvalue weighted by Crippen LogP contribution is 2.18. The second-order valence-electron chi connectivity index (χ2n) is 5.72. The molecular weight excluding hydrogens is 226 g/mol. The maximum Gasteiger partial charge on any atom is 0.131 e. The highest BCUT2D eigenvalue weighted by molar-refractivity contribution is 5.46. The van der Waals surface area contributed by atoms with Crippen LogP contribution in [0.15, 0.2) is 18.3 Å². The monoisotopic (exact) mass is 249 g/mol. The third kappa shape index (κ3) is 3.43. The molecule has 0 spiro atoms. The lowest BCUT2D eigenvalue weighted by molar-refractivity contribution is 0.0344. The van der Waals surface area contributed by atoms with Gasteiger partial charge in [0.25, 0.3) is 0 Å². The first-order chi connectivity index (χ1) is 8.46. The first-order valence-corrected chi connectivity index (χ1v) is 6.57. The Hall–Kier alpha value is -1.13. The maximum absolute atomic E-state index is 9.83. The number of β-amino-alcohol motifs (C(OH)–C–C–N with tert-alkyl or cyclic N) is 1. The van der Waals surface area contributed by atoms with Crippen LogP contribution < -0.4 is 4.90 Å². The molecule has 2 heterocycles. The molecule has 0 aromatic carbocycles. The van der Waals surface area contributed by atoms with Crippen molar-refractivity contribution in [3.63, 3.8) is 0 Å². The van der Waals surface area contributed by atoms with Gasteiger partial charge in [-0.15, -0.1) is 0 Å². The van der Waals surface area contributed by atoms with Crippen molar-refractivity contribution in [2.24, 2.45) is 0 Å². The molecule has 1 aromatic heterocycles. The molecule has 4 nitrogen and oxygen atoms in total. The van der Waals surface area contributed by atoms with E-state index in [1.807, 2.05) is 26.1 Å². The summed E-state index contributed by atoms with van der Waals surface area (Å²) in [6.07, 6.45) is 1.85. The lowest BCUT2D eigenvalue weighted by atomic mass is 10.1. The van der Waals surface area contributed by atoms with E-state index in [-0.39, 0.29) is 0 Å². The average molecular weight is 249 g/mol. The Labute approximate surface area is 109 Å². The standard InChI is InChI=1S/C14H23N3O/c1-12-5-4-6-15-13(12)17-9-7-16(8-10-17)11-14(2,3)18/h4-6,18H,7-11H2,1-3H3. The molecule has 4 heteroatoms. The third-order valence-corrected chi connectivity index (χ3v) is 3.26. The molecule has 1 fully saturated rings. The normalized spacial score (nSPS) is 18.1. The fraction of sp³-hybridized carbons (Fsp3) is 0.643. The van der Waals surface area contributed by atoms with Crippen molar-refractivity contribution in [1.82, 2.24) is 9.88 Å². The van der Waals surface area contributed by atoms with E-state index >= 15 is 0 Å². The van der Waals surface area contributed by atoms with Gasteiger partial charge in [0, 0.05) is 38.9 Å². The van der Waals surface area contributed by atoms with Crippen LogP contribution in [0.4, 0.5) is 5.82 Å². The molecule has 0 amide bonds. The van der Waals surface area contributed by atoms with Gasteiger partial charge in [0.05, 0.1) is 5.60 Å². The van der Waals surface area contributed by atoms with Crippen molar-refractivity contribution in [3.8, 4) is 0 Å². The van der Waals surface area contributed by atoms with Gasteiger partial charge >= 0.3 is 0 Å². The van der Waals surface area contributed by atoms with Crippen LogP contribution in [0.5, 0.6) is 0 Å². The molecule has 1 N–H and O–H groups in total. The Morgan fingerprint density at radius 2 is 1.94 bits per heavy atom. The number of anilines is 1. The lowest BCUT2D eigenvalue weighted by Crippen LogP contribution is -2.50. The number of rotatable bonds is 3. The molecule has 2 rings (SSSR count). The number of hydrogen-bond donors (Lipinski definition) is 1. The van der Waals surface area contributed by atoms with E-state index in [2.05, 4.69) is 27.8 Å². The second kappa shape index (κ2) is 5.24. The summed E-state index contributed by atoms with van der Waals surface area (Å²) < 4.78 is 0. The molecule has 1 aromatic rings. The van der Waals surface area contributed by atoms with Crippen molar-refractivity contribution < 1.29 is 5.11 Å². The summed E-state index contributed by atoms with van der Waals surface area (Å²) in [4.78, 5) is 9.10. The largest absolute Gasteiger partial charge is 0.389 e. The minimum atomic E-state index is -0.608. The molecule has 18 heavy (non-hydrogen) atoms. The molecule has 0 aliphatic carbocycles. The molecule has 100 valence electrons. The molecular formula is C14H23N3O. The number of hydrogen-bond acceptors (Lipinski definition) is 4. The van der Waals surface area contributed by atoms with Gasteiger partial charge in [-0.3, -0.25) is 4.90 Å². The highest BCUT2D eigenvalue weighted by Gasteiger charge is 2.23. The van der Waals surface area contributed by atoms with Crippen molar-refractivity contribution >= 4 is 5.82 Å². The zero-order valence-corrected chi connectivity index (χ0v) is 11.6. The van der Waals surface area contributed by atoms with Gasteiger partial charge in [-0.1, -0.05) is 6.07 Å². The first kappa shape index (κ1) is 13.3. The zero-order valence-electron chi connectivity index (χ0n) is 11.6. The minimum Gasteiger partial charge on any atom is -0.389 e. The molecule has 0 atom stereocenters. The summed E-state index contributed by atoms with van der Waals surface area (Å²) in [6.45, 7) is 10.5. The molecule has 1 aliphatic rings. The Morgan fingerprint density at radius 3 is 2.50 bits per heavy atom. The Bertz CT molecular complexity index is 392. The minimum absolute atomic E-state index is 0.608. The summed E-state index contributed by atoms with van der Waals surface area (Å²) in [5, 5.41) is 9.83. The predicted octanol–water partition coefficient (Wildman–Crippen LogP) is 1.28. The Balaban J connectivity index is 1.93. The van der Waals surface area contributed by atoms with Crippen LogP contribution in [0.25, 0.3) is 0 Å². The van der Waals surface area contributed by atoms with Crippen LogP contribution in [0, 0.1) is 6.92 Å². The van der Waals surface area contributed by atoms with E-state index < -0.39 is 5.60 Å². The summed E-state index contributed by atoms with van der Waals surface area (Å²) in [5.74, 6) is 1.10. The van der Waals surface area contributed by atoms with E-state index in [0.29, 0.717) is 0 Å². The van der Waals surface area contributed by atoms with Crippen LogP contribution in [0.1, 0.15) is 19.4 Å². The van der Waals surface area contributed by atoms with Crippen molar-refractivity contribution in [2.45, 2.75) is 26.4 Å². The number of aryl methyl sites for hydroxylation is 1. The zero-order chi connectivity index (χ0) is 13.2. The fourth-order valence-electron chi connectivity index (χ4n) is 2.47. The topological polar surface area (TPSA) is 39.6 Å². The van der Waals surface area contributed by atoms with Crippen LogP contribution >= 0.6 is 0 Å². The number of piperazine rings is 1. The van der Waals surface area contributed by atoms with Crippen LogP contribution in [0.2, 0.25) is 0 Å². The number of nitrogens with zero attached hydrogens (tertiary/aromatic N) is 3. The molecule has 0 saturated carbocycles. The summed E-state index contributed by atoms with van der Waals surface area (Å²) in [5.41, 5.74) is 0.622. The van der Waals surface area contributed by atoms with Gasteiger partial charge in [0.2, 0.25) is 0 Å². The van der Waals surface area contributed by atoms with Crippen LogP contribution in [-0.4, -0.2) is 53.3 Å². The number of pyridine rings is 1. The van der Waals surface area contributed by atoms with Gasteiger partial charge in [0.15, 0.2) is 0 Å². The first-order valence-electron chi connectivity index (χ1n) is 6.57. The molecule has 1 aliphatic heterocycles. The summed E-state index contributed by atoms with van der Waals surface area (Å²) in [7, 11) is 0. The lowest BCUT2D eigenvalue weighted by Gasteiger charge is -2.38. The molecule has 0 bridgehead atoms. The highest BCUT2D eigenvalue weighted by atomic mass is 16.3. The van der Waals surface area contributed by atoms with Gasteiger partial charge < -0.3 is 10.0 Å². The van der Waals surface area contributed by atoms with Gasteiger partial charge in [-0.25, -0.2) is 4.98 Å². The van der Waals surface area contributed by atoms with Gasteiger partial charge in [-0.2, -0.15) is 0 Å². The van der Waals surface area contributed by atoms with Crippen molar-refractivity contribution in [3.05, 3.63) is 23.9 Å². The van der Waals surface area contributed by atoms with E-state index in [0.717, 1.165) is 38.5 Å². The predicted molar refractivity (Wildman–Crippen MR) is 73.9 cm³/mol. The number of aliphatic hydroxyl groups is 1. The third-order valence-electron chi connectivity index (χ3n) is 3.26. The number of aromatic nitrogens is 1. The van der Waals surface area contributed by atoms with E-state index in [9.17, 15) is 5.11 Å². The fourth-order valence-corrected chi connectivity index (χ4v) is 2.47. The molecule has 1 saturated heterocycles. The van der Waals surface area contributed by atoms with Crippen LogP contribution in [-0.2, 0) is 0 Å². The Morgan fingerprint density at radius 1 is 1.28 bits per heavy atom. The maximum atomic E-state index is 9.83. The van der Waals surface area contributed by atoms with Crippen molar-refractivity contribution in [2.75, 3.05) is 37.6 Å². The van der Waals surface area contributed by atoms with Crippen molar-refractivity contribution in [1.29, 1.82) is 0 Å². The summed E-state index contributed by atoms with van der Waals surface area (Å²) >= 11 is 0. The Kier molecular flexibility index (Phi) is 3.88. The van der Waals surface area contributed by atoms with Crippen LogP contribution in [0.3, 0.4) is 0 Å². The summed E-state index contributed by atoms with van der Waals surface area (Å²) in [6, 6.07) is 4.08. The molecule has 0 radical (unpaired) electrons. The van der Waals surface area contributed by atoms with E-state index in [4.69, 9.17) is 0 Å². The smallest absolute Gasteiger partial charge is 0.131 e. The second-order valence-corrected chi connectivity index (χ2v) is 5.72. The quantitative estimate of drug-likeness (QED) is 0.876. The van der Waals surface area contributed by atoms with Gasteiger partial charge in [0.1, 0.15) is 5.82 Å².